The molecule has 186 valence electrons. The number of alkyl halides is 1. The number of likely N-dealkylation sites (tertiary alicyclic amines) is 1. The maximum absolute atomic E-state index is 14.9. The van der Waals surface area contributed by atoms with Crippen molar-refractivity contribution in [2.45, 2.75) is 24.2 Å². The zero-order chi connectivity index (χ0) is 25.3. The summed E-state index contributed by atoms with van der Waals surface area (Å²) in [6, 6.07) is 6.05. The van der Waals surface area contributed by atoms with Gasteiger partial charge in [-0.3, -0.25) is 4.90 Å². The van der Waals surface area contributed by atoms with Gasteiger partial charge in [0.05, 0.1) is 16.2 Å². The SMILES string of the molecule is O=C(O)N(c1cscn1)S(=O)(=O)c1cc(Cl)c(NCc2c(F)cccc2CN2CC(F)C2)cc1F. The molecule has 35 heavy (non-hydrogen) atoms. The maximum atomic E-state index is 14.9. The first-order valence-corrected chi connectivity index (χ1v) is 12.9. The van der Waals surface area contributed by atoms with Crippen molar-refractivity contribution < 1.29 is 31.5 Å². The van der Waals surface area contributed by atoms with Crippen LogP contribution in [-0.2, 0) is 23.1 Å². The largest absolute Gasteiger partial charge is 0.464 e. The number of hydrogen-bond donors (Lipinski definition) is 2. The minimum absolute atomic E-state index is 0.0272. The van der Waals surface area contributed by atoms with Crippen molar-refractivity contribution in [1.29, 1.82) is 0 Å². The Bertz CT molecular complexity index is 1350. The van der Waals surface area contributed by atoms with Crippen LogP contribution >= 0.6 is 22.9 Å². The van der Waals surface area contributed by atoms with Crippen LogP contribution in [0.1, 0.15) is 11.1 Å². The van der Waals surface area contributed by atoms with Crippen LogP contribution in [0.4, 0.5) is 29.5 Å². The Hall–Kier alpha value is -2.87. The predicted molar refractivity (Wildman–Crippen MR) is 125 cm³/mol. The summed E-state index contributed by atoms with van der Waals surface area (Å²) in [5.74, 6) is -2.20. The van der Waals surface area contributed by atoms with Gasteiger partial charge in [-0.15, -0.1) is 15.6 Å². The van der Waals surface area contributed by atoms with Gasteiger partial charge in [0.2, 0.25) is 0 Å². The van der Waals surface area contributed by atoms with E-state index in [0.29, 0.717) is 12.1 Å². The molecule has 2 N–H and O–H groups in total. The van der Waals surface area contributed by atoms with Crippen LogP contribution in [0.15, 0.2) is 46.1 Å². The van der Waals surface area contributed by atoms with E-state index >= 15 is 0 Å². The number of amides is 1. The number of nitrogens with zero attached hydrogens (tertiary/aromatic N) is 3. The second kappa shape index (κ2) is 10.0. The highest BCUT2D eigenvalue weighted by atomic mass is 35.5. The summed E-state index contributed by atoms with van der Waals surface area (Å²) in [5, 5.41) is 13.1. The Kier molecular flexibility index (Phi) is 7.22. The van der Waals surface area contributed by atoms with Crippen LogP contribution in [0.2, 0.25) is 5.02 Å². The number of halogens is 4. The summed E-state index contributed by atoms with van der Waals surface area (Å²) in [6.07, 6.45) is -2.78. The number of sulfonamides is 1. The second-order valence-corrected chi connectivity index (χ2v) is 10.6. The standard InChI is InChI=1S/C21H18ClF3N4O4S2/c22-15-4-19(35(32,33)29(21(30)31)20-10-34-11-27-20)17(25)5-18(15)26-6-14-12(2-1-3-16(14)24)7-28-8-13(23)9-28/h1-5,10-11,13,26H,6-9H2,(H,30,31). The quantitative estimate of drug-likeness (QED) is 0.421. The van der Waals surface area contributed by atoms with E-state index in [0.717, 1.165) is 23.5 Å². The van der Waals surface area contributed by atoms with Crippen molar-refractivity contribution in [3.63, 3.8) is 0 Å². The molecule has 0 radical (unpaired) electrons. The third-order valence-electron chi connectivity index (χ3n) is 5.32. The van der Waals surface area contributed by atoms with E-state index in [9.17, 15) is 31.5 Å². The molecule has 1 aromatic heterocycles. The molecule has 0 unspecified atom stereocenters. The Morgan fingerprint density at radius 3 is 2.66 bits per heavy atom. The van der Waals surface area contributed by atoms with Crippen molar-refractivity contribution in [2.75, 3.05) is 22.7 Å². The van der Waals surface area contributed by atoms with Gasteiger partial charge < -0.3 is 10.4 Å². The number of hydrogen-bond acceptors (Lipinski definition) is 7. The number of aromatic nitrogens is 1. The molecule has 1 aliphatic rings. The molecule has 0 saturated carbocycles. The molecule has 2 aromatic carbocycles. The first-order chi connectivity index (χ1) is 16.6. The van der Waals surface area contributed by atoms with E-state index in [1.165, 1.54) is 23.0 Å². The van der Waals surface area contributed by atoms with Gasteiger partial charge in [0.1, 0.15) is 22.7 Å². The van der Waals surface area contributed by atoms with Crippen molar-refractivity contribution in [3.8, 4) is 0 Å². The van der Waals surface area contributed by atoms with E-state index < -0.39 is 44.6 Å². The van der Waals surface area contributed by atoms with Crippen molar-refractivity contribution >= 4 is 50.6 Å². The van der Waals surface area contributed by atoms with Gasteiger partial charge >= 0.3 is 6.09 Å². The highest BCUT2D eigenvalue weighted by Crippen LogP contribution is 2.32. The molecular weight excluding hydrogens is 529 g/mol. The fourth-order valence-electron chi connectivity index (χ4n) is 3.60. The molecule has 1 amide bonds. The minimum atomic E-state index is -4.89. The number of carboxylic acid groups (broad SMARTS) is 1. The Balaban J connectivity index is 1.58. The zero-order valence-corrected chi connectivity index (χ0v) is 20.2. The lowest BCUT2D eigenvalue weighted by Gasteiger charge is -2.34. The summed E-state index contributed by atoms with van der Waals surface area (Å²) >= 11 is 7.14. The normalized spacial score (nSPS) is 14.5. The van der Waals surface area contributed by atoms with Gasteiger partial charge in [0.15, 0.2) is 5.82 Å². The van der Waals surface area contributed by atoms with Crippen LogP contribution in [0.25, 0.3) is 0 Å². The summed E-state index contributed by atoms with van der Waals surface area (Å²) < 4.78 is 68.3. The number of benzene rings is 2. The highest BCUT2D eigenvalue weighted by molar-refractivity contribution is 7.93. The van der Waals surface area contributed by atoms with E-state index in [2.05, 4.69) is 10.3 Å². The molecule has 0 aliphatic carbocycles. The molecule has 4 rings (SSSR count). The van der Waals surface area contributed by atoms with Crippen molar-refractivity contribution in [3.05, 3.63) is 69.0 Å². The molecule has 1 aliphatic heterocycles. The second-order valence-electron chi connectivity index (χ2n) is 7.68. The fraction of sp³-hybridized carbons (Fsp3) is 0.238. The lowest BCUT2D eigenvalue weighted by atomic mass is 10.0. The van der Waals surface area contributed by atoms with E-state index in [1.54, 1.807) is 6.07 Å². The van der Waals surface area contributed by atoms with E-state index in [-0.39, 0.29) is 40.2 Å². The number of rotatable bonds is 8. The van der Waals surface area contributed by atoms with Crippen LogP contribution in [0, 0.1) is 11.6 Å². The van der Waals surface area contributed by atoms with Gasteiger partial charge in [-0.2, -0.15) is 0 Å². The number of nitrogens with one attached hydrogen (secondary N) is 1. The molecule has 1 fully saturated rings. The first-order valence-electron chi connectivity index (χ1n) is 10.1. The average molecular weight is 547 g/mol. The molecule has 1 saturated heterocycles. The van der Waals surface area contributed by atoms with Crippen molar-refractivity contribution in [2.24, 2.45) is 0 Å². The molecule has 0 atom stereocenters. The monoisotopic (exact) mass is 546 g/mol. The van der Waals surface area contributed by atoms with Crippen LogP contribution < -0.4 is 9.62 Å². The lowest BCUT2D eigenvalue weighted by Crippen LogP contribution is -2.47. The number of thiazole rings is 1. The van der Waals surface area contributed by atoms with Gasteiger partial charge in [-0.1, -0.05) is 23.7 Å². The summed E-state index contributed by atoms with van der Waals surface area (Å²) in [4.78, 5) is 16.1. The molecule has 2 heterocycles. The highest BCUT2D eigenvalue weighted by Gasteiger charge is 2.35. The fourth-order valence-corrected chi connectivity index (χ4v) is 5.80. The Labute approximate surface area is 207 Å². The Morgan fingerprint density at radius 2 is 2.03 bits per heavy atom. The predicted octanol–water partition coefficient (Wildman–Crippen LogP) is 4.71. The molecular formula is C21H18ClF3N4O4S2. The van der Waals surface area contributed by atoms with Crippen LogP contribution in [-0.4, -0.2) is 48.8 Å². The average Bonchev–Trinajstić information content (AvgIpc) is 3.27. The minimum Gasteiger partial charge on any atom is -0.464 e. The summed E-state index contributed by atoms with van der Waals surface area (Å²) in [6.45, 7) is 0.728. The number of carbonyl (C=O) groups is 1. The third kappa shape index (κ3) is 5.22. The van der Waals surface area contributed by atoms with Crippen molar-refractivity contribution in [1.82, 2.24) is 9.88 Å². The summed E-state index contributed by atoms with van der Waals surface area (Å²) in [5.41, 5.74) is 2.08. The van der Waals surface area contributed by atoms with Crippen LogP contribution in [0.3, 0.4) is 0 Å². The van der Waals surface area contributed by atoms with Gasteiger partial charge in [-0.25, -0.2) is 31.4 Å². The molecule has 0 spiro atoms. The third-order valence-corrected chi connectivity index (χ3v) is 7.90. The van der Waals surface area contributed by atoms with Gasteiger partial charge in [0, 0.05) is 37.1 Å². The molecule has 14 heteroatoms. The lowest BCUT2D eigenvalue weighted by molar-refractivity contribution is 0.0588. The summed E-state index contributed by atoms with van der Waals surface area (Å²) in [7, 11) is -4.89. The maximum Gasteiger partial charge on any atom is 0.427 e. The van der Waals surface area contributed by atoms with Gasteiger partial charge in [0.25, 0.3) is 10.0 Å². The molecule has 8 nitrogen and oxygen atoms in total. The Morgan fingerprint density at radius 1 is 1.29 bits per heavy atom. The topological polar surface area (TPSA) is 103 Å². The molecule has 0 bridgehead atoms. The molecule has 3 aromatic rings. The van der Waals surface area contributed by atoms with Gasteiger partial charge in [-0.05, 0) is 23.8 Å². The van der Waals surface area contributed by atoms with E-state index in [4.69, 9.17) is 11.6 Å². The zero-order valence-electron chi connectivity index (χ0n) is 17.8. The number of anilines is 2. The van der Waals surface area contributed by atoms with Crippen LogP contribution in [0.5, 0.6) is 0 Å². The van der Waals surface area contributed by atoms with E-state index in [1.807, 2.05) is 4.90 Å². The smallest absolute Gasteiger partial charge is 0.427 e. The first kappa shape index (κ1) is 25.2.